The van der Waals surface area contributed by atoms with Gasteiger partial charge in [-0.1, -0.05) is 15.9 Å². The number of nitrogens with zero attached hydrogens (tertiary/aromatic N) is 3. The summed E-state index contributed by atoms with van der Waals surface area (Å²) in [7, 11) is 0. The molecule has 5 nitrogen and oxygen atoms in total. The van der Waals surface area contributed by atoms with Crippen molar-refractivity contribution in [2.45, 2.75) is 0 Å². The molecule has 0 amide bonds. The minimum Gasteiger partial charge on any atom is -0.480 e. The number of carboxylic acids is 1. The molecule has 1 fully saturated rings. The van der Waals surface area contributed by atoms with Gasteiger partial charge in [0.05, 0.1) is 17.8 Å². The third kappa shape index (κ3) is 3.46. The summed E-state index contributed by atoms with van der Waals surface area (Å²) in [4.78, 5) is 14.7. The van der Waals surface area contributed by atoms with Crippen LogP contribution in [0.2, 0.25) is 0 Å². The van der Waals surface area contributed by atoms with E-state index >= 15 is 0 Å². The van der Waals surface area contributed by atoms with E-state index in [-0.39, 0.29) is 6.54 Å². The van der Waals surface area contributed by atoms with Crippen molar-refractivity contribution in [3.8, 4) is 6.07 Å². The van der Waals surface area contributed by atoms with Crippen LogP contribution in [0, 0.1) is 11.3 Å². The SMILES string of the molecule is N#Cc1cc(Br)ccc1N1CCN(CC(=O)O)CC1. The van der Waals surface area contributed by atoms with Crippen LogP contribution in [-0.4, -0.2) is 48.7 Å². The quantitative estimate of drug-likeness (QED) is 0.913. The van der Waals surface area contributed by atoms with Crippen LogP contribution < -0.4 is 4.90 Å². The lowest BCUT2D eigenvalue weighted by Crippen LogP contribution is -2.48. The number of aliphatic carboxylic acids is 1. The molecular weight excluding hydrogens is 310 g/mol. The fraction of sp³-hybridized carbons (Fsp3) is 0.385. The summed E-state index contributed by atoms with van der Waals surface area (Å²) in [6.45, 7) is 2.97. The fourth-order valence-corrected chi connectivity index (χ4v) is 2.57. The number of halogens is 1. The van der Waals surface area contributed by atoms with Crippen molar-refractivity contribution in [1.29, 1.82) is 5.26 Å². The van der Waals surface area contributed by atoms with Gasteiger partial charge < -0.3 is 10.0 Å². The molecule has 19 heavy (non-hydrogen) atoms. The minimum atomic E-state index is -0.796. The van der Waals surface area contributed by atoms with Gasteiger partial charge in [0.1, 0.15) is 6.07 Å². The van der Waals surface area contributed by atoms with E-state index in [4.69, 9.17) is 10.4 Å². The van der Waals surface area contributed by atoms with Crippen molar-refractivity contribution >= 4 is 27.6 Å². The van der Waals surface area contributed by atoms with Gasteiger partial charge in [0.15, 0.2) is 0 Å². The maximum Gasteiger partial charge on any atom is 0.317 e. The highest BCUT2D eigenvalue weighted by atomic mass is 79.9. The lowest BCUT2D eigenvalue weighted by Gasteiger charge is -2.35. The third-order valence-electron chi connectivity index (χ3n) is 3.15. The average Bonchev–Trinajstić information content (AvgIpc) is 2.39. The fourth-order valence-electron chi connectivity index (χ4n) is 2.21. The Bertz CT molecular complexity index is 519. The first kappa shape index (κ1) is 13.8. The molecule has 1 saturated heterocycles. The van der Waals surface area contributed by atoms with E-state index in [0.29, 0.717) is 18.7 Å². The smallest absolute Gasteiger partial charge is 0.317 e. The molecule has 0 unspecified atom stereocenters. The van der Waals surface area contributed by atoms with Crippen molar-refractivity contribution in [3.63, 3.8) is 0 Å². The second kappa shape index (κ2) is 6.04. The lowest BCUT2D eigenvalue weighted by molar-refractivity contribution is -0.138. The van der Waals surface area contributed by atoms with Gasteiger partial charge in [-0.3, -0.25) is 9.69 Å². The third-order valence-corrected chi connectivity index (χ3v) is 3.64. The molecule has 1 heterocycles. The molecule has 1 aliphatic rings. The number of anilines is 1. The highest BCUT2D eigenvalue weighted by molar-refractivity contribution is 9.10. The van der Waals surface area contributed by atoms with Crippen LogP contribution >= 0.6 is 15.9 Å². The van der Waals surface area contributed by atoms with Gasteiger partial charge in [-0.25, -0.2) is 0 Å². The first-order chi connectivity index (χ1) is 9.10. The number of hydrogen-bond donors (Lipinski definition) is 1. The number of nitriles is 1. The molecule has 1 N–H and O–H groups in total. The van der Waals surface area contributed by atoms with Crippen LogP contribution in [0.15, 0.2) is 22.7 Å². The van der Waals surface area contributed by atoms with E-state index in [0.717, 1.165) is 23.2 Å². The van der Waals surface area contributed by atoms with Crippen LogP contribution in [0.3, 0.4) is 0 Å². The van der Waals surface area contributed by atoms with Crippen molar-refractivity contribution in [3.05, 3.63) is 28.2 Å². The summed E-state index contributed by atoms with van der Waals surface area (Å²) in [6.07, 6.45) is 0. The van der Waals surface area contributed by atoms with Crippen LogP contribution in [0.1, 0.15) is 5.56 Å². The molecule has 0 bridgehead atoms. The van der Waals surface area contributed by atoms with Crippen molar-refractivity contribution in [1.82, 2.24) is 4.90 Å². The summed E-state index contributed by atoms with van der Waals surface area (Å²) in [5.74, 6) is -0.796. The van der Waals surface area contributed by atoms with E-state index in [1.54, 1.807) is 6.07 Å². The maximum atomic E-state index is 10.7. The summed E-state index contributed by atoms with van der Waals surface area (Å²) < 4.78 is 0.886. The van der Waals surface area contributed by atoms with E-state index in [2.05, 4.69) is 26.9 Å². The van der Waals surface area contributed by atoms with E-state index in [1.165, 1.54) is 0 Å². The molecule has 0 saturated carbocycles. The van der Waals surface area contributed by atoms with Gasteiger partial charge in [0, 0.05) is 30.7 Å². The van der Waals surface area contributed by atoms with E-state index in [1.807, 2.05) is 17.0 Å². The zero-order valence-electron chi connectivity index (χ0n) is 10.3. The molecule has 0 aromatic heterocycles. The Morgan fingerprint density at radius 2 is 2.05 bits per heavy atom. The largest absolute Gasteiger partial charge is 0.480 e. The number of piperazine rings is 1. The molecule has 0 radical (unpaired) electrons. The molecule has 0 atom stereocenters. The highest BCUT2D eigenvalue weighted by Gasteiger charge is 2.20. The second-order valence-electron chi connectivity index (χ2n) is 4.43. The summed E-state index contributed by atoms with van der Waals surface area (Å²) in [6, 6.07) is 7.84. The molecular formula is C13H14BrN3O2. The summed E-state index contributed by atoms with van der Waals surface area (Å²) in [5, 5.41) is 17.9. The van der Waals surface area contributed by atoms with Gasteiger partial charge in [-0.15, -0.1) is 0 Å². The first-order valence-electron chi connectivity index (χ1n) is 5.99. The molecule has 2 rings (SSSR count). The minimum absolute atomic E-state index is 0.0826. The standard InChI is InChI=1S/C13H14BrN3O2/c14-11-1-2-12(10(7-11)8-15)17-5-3-16(4-6-17)9-13(18)19/h1-2,7H,3-6,9H2,(H,18,19). The predicted octanol–water partition coefficient (Wildman–Crippen LogP) is 1.53. The van der Waals surface area contributed by atoms with Gasteiger partial charge in [0.25, 0.3) is 0 Å². The van der Waals surface area contributed by atoms with Gasteiger partial charge >= 0.3 is 5.97 Å². The van der Waals surface area contributed by atoms with Crippen LogP contribution in [-0.2, 0) is 4.79 Å². The van der Waals surface area contributed by atoms with Crippen LogP contribution in [0.4, 0.5) is 5.69 Å². The van der Waals surface area contributed by atoms with Crippen molar-refractivity contribution in [2.24, 2.45) is 0 Å². The predicted molar refractivity (Wildman–Crippen MR) is 75.1 cm³/mol. The molecule has 100 valence electrons. The van der Waals surface area contributed by atoms with E-state index < -0.39 is 5.97 Å². The Kier molecular flexibility index (Phi) is 4.40. The Balaban J connectivity index is 2.06. The zero-order chi connectivity index (χ0) is 13.8. The monoisotopic (exact) mass is 323 g/mol. The number of rotatable bonds is 3. The second-order valence-corrected chi connectivity index (χ2v) is 5.35. The normalized spacial score (nSPS) is 16.1. The first-order valence-corrected chi connectivity index (χ1v) is 6.78. The Hall–Kier alpha value is -1.58. The number of benzene rings is 1. The van der Waals surface area contributed by atoms with Gasteiger partial charge in [-0.2, -0.15) is 5.26 Å². The maximum absolute atomic E-state index is 10.7. The summed E-state index contributed by atoms with van der Waals surface area (Å²) in [5.41, 5.74) is 1.56. The van der Waals surface area contributed by atoms with Crippen LogP contribution in [0.25, 0.3) is 0 Å². The molecule has 1 aromatic carbocycles. The Labute approximate surface area is 120 Å². The molecule has 6 heteroatoms. The van der Waals surface area contributed by atoms with Crippen molar-refractivity contribution < 1.29 is 9.90 Å². The van der Waals surface area contributed by atoms with Gasteiger partial charge in [-0.05, 0) is 18.2 Å². The lowest BCUT2D eigenvalue weighted by atomic mass is 10.1. The van der Waals surface area contributed by atoms with Crippen molar-refractivity contribution in [2.75, 3.05) is 37.6 Å². The molecule has 1 aliphatic heterocycles. The molecule has 0 aliphatic carbocycles. The number of hydrogen-bond acceptors (Lipinski definition) is 4. The zero-order valence-corrected chi connectivity index (χ0v) is 11.9. The summed E-state index contributed by atoms with van der Waals surface area (Å²) >= 11 is 3.35. The molecule has 1 aromatic rings. The molecule has 0 spiro atoms. The van der Waals surface area contributed by atoms with Crippen LogP contribution in [0.5, 0.6) is 0 Å². The Morgan fingerprint density at radius 1 is 1.37 bits per heavy atom. The average molecular weight is 324 g/mol. The number of carbonyl (C=O) groups is 1. The topological polar surface area (TPSA) is 67.6 Å². The van der Waals surface area contributed by atoms with Gasteiger partial charge in [0.2, 0.25) is 0 Å². The van der Waals surface area contributed by atoms with E-state index in [9.17, 15) is 4.79 Å². The number of carboxylic acid groups (broad SMARTS) is 1. The highest BCUT2D eigenvalue weighted by Crippen LogP contribution is 2.24. The Morgan fingerprint density at radius 3 is 2.63 bits per heavy atom.